The molecule has 0 fully saturated rings. The van der Waals surface area contributed by atoms with Crippen LogP contribution in [0.2, 0.25) is 0 Å². The second-order valence-electron chi connectivity index (χ2n) is 8.42. The molecule has 0 spiro atoms. The number of aromatic nitrogens is 7. The number of carboxylic acids is 1. The molecule has 11 heteroatoms. The van der Waals surface area contributed by atoms with E-state index in [4.69, 9.17) is 0 Å². The number of hydrogen-bond acceptors (Lipinski definition) is 6. The number of carboxylic acid groups (broad SMARTS) is 1. The van der Waals surface area contributed by atoms with Crippen LogP contribution in [0.4, 0.5) is 4.39 Å². The number of aromatic carboxylic acids is 1. The molecule has 0 aliphatic rings. The maximum Gasteiger partial charge on any atom is 0.337 e. The average molecular weight is 500 g/mol. The highest BCUT2D eigenvalue weighted by Crippen LogP contribution is 2.29. The standard InChI is InChI=1S/C26H22FN7O3/c1-2-4-18-15-34(23-20(25(35)36)5-3-6-22(23)27)26(37)33(18)14-16-7-9-17(10-8-16)21-13-28-12-11-19(21)24-29-31-32-30-24/h3,5-13,15H,2,4,14H2,1H3,(H,35,36)(H,29,30,31,32). The van der Waals surface area contributed by atoms with E-state index < -0.39 is 17.5 Å². The predicted octanol–water partition coefficient (Wildman–Crippen LogP) is 3.72. The number of tetrazole rings is 1. The summed E-state index contributed by atoms with van der Waals surface area (Å²) in [6.07, 6.45) is 6.24. The van der Waals surface area contributed by atoms with Gasteiger partial charge >= 0.3 is 11.7 Å². The molecule has 0 aliphatic carbocycles. The normalized spacial score (nSPS) is 11.1. The monoisotopic (exact) mass is 499 g/mol. The van der Waals surface area contributed by atoms with Crippen molar-refractivity contribution < 1.29 is 14.3 Å². The summed E-state index contributed by atoms with van der Waals surface area (Å²) in [6, 6.07) is 13.2. The van der Waals surface area contributed by atoms with Crippen LogP contribution in [0.5, 0.6) is 0 Å². The van der Waals surface area contributed by atoms with Gasteiger partial charge in [0.1, 0.15) is 11.5 Å². The molecule has 2 aromatic carbocycles. The minimum Gasteiger partial charge on any atom is -0.478 e. The number of imidazole rings is 1. The van der Waals surface area contributed by atoms with Crippen LogP contribution in [0, 0.1) is 5.82 Å². The molecule has 10 nitrogen and oxygen atoms in total. The van der Waals surface area contributed by atoms with E-state index >= 15 is 0 Å². The fourth-order valence-electron chi connectivity index (χ4n) is 4.32. The summed E-state index contributed by atoms with van der Waals surface area (Å²) in [5.74, 6) is -1.56. The Balaban J connectivity index is 1.51. The lowest BCUT2D eigenvalue weighted by Crippen LogP contribution is -2.26. The molecule has 0 aliphatic heterocycles. The summed E-state index contributed by atoms with van der Waals surface area (Å²) in [4.78, 5) is 29.3. The summed E-state index contributed by atoms with van der Waals surface area (Å²) in [7, 11) is 0. The number of aromatic amines is 1. The van der Waals surface area contributed by atoms with E-state index in [2.05, 4.69) is 25.6 Å². The van der Waals surface area contributed by atoms with Crippen LogP contribution in [0.15, 0.2) is 71.9 Å². The van der Waals surface area contributed by atoms with Crippen LogP contribution in [0.3, 0.4) is 0 Å². The van der Waals surface area contributed by atoms with Gasteiger partial charge in [0.15, 0.2) is 5.82 Å². The number of pyridine rings is 1. The van der Waals surface area contributed by atoms with Gasteiger partial charge in [-0.25, -0.2) is 19.1 Å². The molecule has 186 valence electrons. The summed E-state index contributed by atoms with van der Waals surface area (Å²) in [5, 5.41) is 23.6. The SMILES string of the molecule is CCCc1cn(-c2c(F)cccc2C(=O)O)c(=O)n1Cc1ccc(-c2cnccc2-c2nnn[nH]2)cc1. The first-order valence-electron chi connectivity index (χ1n) is 11.6. The number of benzene rings is 2. The Kier molecular flexibility index (Phi) is 6.42. The number of halogens is 1. The first-order valence-corrected chi connectivity index (χ1v) is 11.6. The van der Waals surface area contributed by atoms with Crippen molar-refractivity contribution >= 4 is 5.97 Å². The van der Waals surface area contributed by atoms with Gasteiger partial charge in [-0.05, 0) is 46.2 Å². The molecule has 3 aromatic heterocycles. The van der Waals surface area contributed by atoms with Crippen LogP contribution in [-0.2, 0) is 13.0 Å². The molecule has 0 unspecified atom stereocenters. The molecular weight excluding hydrogens is 477 g/mol. The Bertz CT molecular complexity index is 1620. The van der Waals surface area contributed by atoms with Crippen molar-refractivity contribution in [1.82, 2.24) is 34.7 Å². The van der Waals surface area contributed by atoms with Crippen molar-refractivity contribution in [2.75, 3.05) is 0 Å². The van der Waals surface area contributed by atoms with E-state index in [9.17, 15) is 19.1 Å². The van der Waals surface area contributed by atoms with Crippen molar-refractivity contribution in [2.24, 2.45) is 0 Å². The van der Waals surface area contributed by atoms with E-state index in [1.807, 2.05) is 37.3 Å². The number of nitrogens with zero attached hydrogens (tertiary/aromatic N) is 6. The summed E-state index contributed by atoms with van der Waals surface area (Å²) in [6.45, 7) is 2.21. The van der Waals surface area contributed by atoms with Gasteiger partial charge in [0.2, 0.25) is 0 Å². The third kappa shape index (κ3) is 4.54. The van der Waals surface area contributed by atoms with Gasteiger partial charge in [0.05, 0.1) is 12.1 Å². The van der Waals surface area contributed by atoms with Gasteiger partial charge in [0, 0.05) is 35.4 Å². The first-order chi connectivity index (χ1) is 18.0. The van der Waals surface area contributed by atoms with Crippen molar-refractivity contribution in [3.8, 4) is 28.2 Å². The van der Waals surface area contributed by atoms with Gasteiger partial charge in [-0.15, -0.1) is 5.10 Å². The second-order valence-corrected chi connectivity index (χ2v) is 8.42. The molecule has 37 heavy (non-hydrogen) atoms. The zero-order chi connectivity index (χ0) is 25.9. The number of nitrogens with one attached hydrogen (secondary N) is 1. The minimum atomic E-state index is -1.31. The summed E-state index contributed by atoms with van der Waals surface area (Å²) >= 11 is 0. The van der Waals surface area contributed by atoms with Crippen LogP contribution in [0.25, 0.3) is 28.2 Å². The molecule has 0 atom stereocenters. The fraction of sp³-hybridized carbons (Fsp3) is 0.154. The second kappa shape index (κ2) is 9.97. The van der Waals surface area contributed by atoms with Gasteiger partial charge in [-0.1, -0.05) is 43.7 Å². The highest BCUT2D eigenvalue weighted by molar-refractivity contribution is 5.92. The van der Waals surface area contributed by atoms with E-state index in [0.717, 1.165) is 39.3 Å². The van der Waals surface area contributed by atoms with E-state index in [-0.39, 0.29) is 17.8 Å². The smallest absolute Gasteiger partial charge is 0.337 e. The van der Waals surface area contributed by atoms with E-state index in [1.165, 1.54) is 18.3 Å². The lowest BCUT2D eigenvalue weighted by Gasteiger charge is -2.10. The minimum absolute atomic E-state index is 0.240. The third-order valence-electron chi connectivity index (χ3n) is 6.05. The Morgan fingerprint density at radius 2 is 1.92 bits per heavy atom. The van der Waals surface area contributed by atoms with Crippen LogP contribution >= 0.6 is 0 Å². The molecule has 0 amide bonds. The molecule has 5 rings (SSSR count). The average Bonchev–Trinajstić information content (AvgIpc) is 3.54. The third-order valence-corrected chi connectivity index (χ3v) is 6.05. The number of H-pyrrole nitrogens is 1. The number of aryl methyl sites for hydroxylation is 1. The van der Waals surface area contributed by atoms with Crippen molar-refractivity contribution in [2.45, 2.75) is 26.3 Å². The van der Waals surface area contributed by atoms with Gasteiger partial charge in [-0.2, -0.15) is 0 Å². The van der Waals surface area contributed by atoms with Gasteiger partial charge in [-0.3, -0.25) is 14.1 Å². The zero-order valence-corrected chi connectivity index (χ0v) is 19.8. The lowest BCUT2D eigenvalue weighted by molar-refractivity contribution is 0.0696. The Morgan fingerprint density at radius 1 is 1.11 bits per heavy atom. The highest BCUT2D eigenvalue weighted by atomic mass is 19.1. The Hall–Kier alpha value is -4.93. The Labute approximate surface area is 210 Å². The van der Waals surface area contributed by atoms with Crippen molar-refractivity contribution in [3.05, 3.63) is 100 Å². The molecule has 0 radical (unpaired) electrons. The van der Waals surface area contributed by atoms with E-state index in [1.54, 1.807) is 17.0 Å². The topological polar surface area (TPSA) is 132 Å². The molecule has 0 saturated carbocycles. The molecule has 0 bridgehead atoms. The molecule has 0 saturated heterocycles. The Morgan fingerprint density at radius 3 is 2.62 bits per heavy atom. The van der Waals surface area contributed by atoms with Crippen LogP contribution in [-0.4, -0.2) is 45.8 Å². The highest BCUT2D eigenvalue weighted by Gasteiger charge is 2.21. The maximum absolute atomic E-state index is 14.7. The van der Waals surface area contributed by atoms with Gasteiger partial charge < -0.3 is 5.11 Å². The van der Waals surface area contributed by atoms with Crippen LogP contribution < -0.4 is 5.69 Å². The van der Waals surface area contributed by atoms with Crippen molar-refractivity contribution in [1.29, 1.82) is 0 Å². The maximum atomic E-state index is 14.7. The lowest BCUT2D eigenvalue weighted by atomic mass is 10.0. The fourth-order valence-corrected chi connectivity index (χ4v) is 4.32. The molecular formula is C26H22FN7O3. The molecule has 3 heterocycles. The number of hydrogen-bond donors (Lipinski definition) is 2. The van der Waals surface area contributed by atoms with Crippen molar-refractivity contribution in [3.63, 3.8) is 0 Å². The molecule has 2 N–H and O–H groups in total. The zero-order valence-electron chi connectivity index (χ0n) is 19.8. The number of rotatable bonds is 8. The van der Waals surface area contributed by atoms with Gasteiger partial charge in [0.25, 0.3) is 0 Å². The van der Waals surface area contributed by atoms with E-state index in [0.29, 0.717) is 17.9 Å². The summed E-state index contributed by atoms with van der Waals surface area (Å²) < 4.78 is 17.4. The number of carbonyl (C=O) groups is 1. The molecule has 5 aromatic rings. The first kappa shape index (κ1) is 23.8. The summed E-state index contributed by atoms with van der Waals surface area (Å²) in [5.41, 5.74) is 3.00. The van der Waals surface area contributed by atoms with Crippen LogP contribution in [0.1, 0.15) is 35.0 Å². The quantitative estimate of drug-likeness (QED) is 0.333. The predicted molar refractivity (Wildman–Crippen MR) is 133 cm³/mol. The number of para-hydroxylation sites is 1. The largest absolute Gasteiger partial charge is 0.478 e.